The van der Waals surface area contributed by atoms with E-state index in [9.17, 15) is 14.7 Å². The van der Waals surface area contributed by atoms with E-state index in [0.29, 0.717) is 19.4 Å². The summed E-state index contributed by atoms with van der Waals surface area (Å²) in [4.78, 5) is 23.1. The zero-order chi connectivity index (χ0) is 13.0. The number of aliphatic carboxylic acids is 1. The van der Waals surface area contributed by atoms with Gasteiger partial charge in [0.2, 0.25) is 5.91 Å². The minimum absolute atomic E-state index is 0.0696. The molecule has 0 radical (unpaired) electrons. The molecule has 0 atom stereocenters. The summed E-state index contributed by atoms with van der Waals surface area (Å²) in [7, 11) is 0. The number of amides is 1. The summed E-state index contributed by atoms with van der Waals surface area (Å²) in [5, 5.41) is 12.0. The van der Waals surface area contributed by atoms with Crippen LogP contribution in [0.1, 0.15) is 37.7 Å². The van der Waals surface area contributed by atoms with Crippen LogP contribution < -0.4 is 5.32 Å². The van der Waals surface area contributed by atoms with Gasteiger partial charge < -0.3 is 14.8 Å². The molecule has 0 aliphatic heterocycles. The second-order valence-electron chi connectivity index (χ2n) is 4.88. The molecule has 0 saturated heterocycles. The number of furan rings is 1. The summed E-state index contributed by atoms with van der Waals surface area (Å²) in [5.41, 5.74) is 0.0275. The van der Waals surface area contributed by atoms with Crippen molar-refractivity contribution in [3.8, 4) is 0 Å². The van der Waals surface area contributed by atoms with Crippen LogP contribution in [0.15, 0.2) is 23.0 Å². The summed E-state index contributed by atoms with van der Waals surface area (Å²) in [6.45, 7) is 0.380. The van der Waals surface area contributed by atoms with Gasteiger partial charge in [0.25, 0.3) is 0 Å². The highest BCUT2D eigenvalue weighted by atomic mass is 16.4. The smallest absolute Gasteiger partial charge is 0.310 e. The molecule has 0 aromatic carbocycles. The highest BCUT2D eigenvalue weighted by Crippen LogP contribution is 2.41. The molecule has 5 heteroatoms. The van der Waals surface area contributed by atoms with Crippen molar-refractivity contribution in [1.29, 1.82) is 0 Å². The van der Waals surface area contributed by atoms with Gasteiger partial charge in [-0.1, -0.05) is 12.8 Å². The molecular formula is C13H17NO4. The predicted octanol–water partition coefficient (Wildman–Crippen LogP) is 1.93. The largest absolute Gasteiger partial charge is 0.481 e. The summed E-state index contributed by atoms with van der Waals surface area (Å²) in [5.74, 6) is -1.06. The molecular weight excluding hydrogens is 234 g/mol. The van der Waals surface area contributed by atoms with E-state index in [0.717, 1.165) is 18.4 Å². The molecule has 1 saturated carbocycles. The van der Waals surface area contributed by atoms with E-state index in [1.165, 1.54) is 6.26 Å². The Hall–Kier alpha value is -1.78. The average Bonchev–Trinajstić information content (AvgIpc) is 2.97. The molecule has 0 spiro atoms. The van der Waals surface area contributed by atoms with Crippen LogP contribution in [-0.2, 0) is 16.1 Å². The van der Waals surface area contributed by atoms with E-state index in [-0.39, 0.29) is 12.3 Å². The summed E-state index contributed by atoms with van der Waals surface area (Å²) in [6.07, 6.45) is 6.14. The Bertz CT molecular complexity index is 418. The van der Waals surface area contributed by atoms with E-state index in [2.05, 4.69) is 5.32 Å². The molecule has 1 amide bonds. The maximum atomic E-state index is 11.8. The van der Waals surface area contributed by atoms with Gasteiger partial charge in [0, 0.05) is 18.5 Å². The second-order valence-corrected chi connectivity index (χ2v) is 4.88. The first-order valence-electron chi connectivity index (χ1n) is 6.14. The minimum atomic E-state index is -0.849. The van der Waals surface area contributed by atoms with Gasteiger partial charge in [-0.2, -0.15) is 0 Å². The summed E-state index contributed by atoms with van der Waals surface area (Å²) in [6, 6.07) is 1.77. The normalized spacial score (nSPS) is 17.6. The second kappa shape index (κ2) is 5.25. The number of nitrogens with one attached hydrogen (secondary N) is 1. The van der Waals surface area contributed by atoms with Crippen molar-refractivity contribution in [2.24, 2.45) is 5.41 Å². The van der Waals surface area contributed by atoms with Gasteiger partial charge in [-0.15, -0.1) is 0 Å². The fourth-order valence-electron chi connectivity index (χ4n) is 2.48. The SMILES string of the molecule is O=C(CC1(C(=O)O)CCCC1)NCc1ccoc1. The van der Waals surface area contributed by atoms with Gasteiger partial charge >= 0.3 is 5.97 Å². The van der Waals surface area contributed by atoms with E-state index >= 15 is 0 Å². The van der Waals surface area contributed by atoms with Crippen molar-refractivity contribution in [3.63, 3.8) is 0 Å². The van der Waals surface area contributed by atoms with Crippen LogP contribution in [0.5, 0.6) is 0 Å². The molecule has 1 aliphatic rings. The van der Waals surface area contributed by atoms with Crippen LogP contribution in [0.2, 0.25) is 0 Å². The molecule has 1 aliphatic carbocycles. The third-order valence-electron chi connectivity index (χ3n) is 3.58. The van der Waals surface area contributed by atoms with Crippen LogP contribution >= 0.6 is 0 Å². The van der Waals surface area contributed by atoms with Crippen LogP contribution in [-0.4, -0.2) is 17.0 Å². The number of rotatable bonds is 5. The number of carbonyl (C=O) groups excluding carboxylic acids is 1. The Morgan fingerprint density at radius 3 is 2.67 bits per heavy atom. The lowest BCUT2D eigenvalue weighted by atomic mass is 9.82. The highest BCUT2D eigenvalue weighted by molar-refractivity contribution is 5.85. The maximum absolute atomic E-state index is 11.8. The van der Waals surface area contributed by atoms with Crippen molar-refractivity contribution in [2.45, 2.75) is 38.6 Å². The van der Waals surface area contributed by atoms with Crippen molar-refractivity contribution >= 4 is 11.9 Å². The zero-order valence-corrected chi connectivity index (χ0v) is 10.1. The fourth-order valence-corrected chi connectivity index (χ4v) is 2.48. The number of carboxylic acid groups (broad SMARTS) is 1. The van der Waals surface area contributed by atoms with Crippen molar-refractivity contribution in [3.05, 3.63) is 24.2 Å². The van der Waals surface area contributed by atoms with E-state index < -0.39 is 11.4 Å². The Balaban J connectivity index is 1.88. The van der Waals surface area contributed by atoms with Crippen molar-refractivity contribution < 1.29 is 19.1 Å². The molecule has 18 heavy (non-hydrogen) atoms. The molecule has 5 nitrogen and oxygen atoms in total. The number of hydrogen-bond donors (Lipinski definition) is 2. The Kier molecular flexibility index (Phi) is 3.69. The number of carbonyl (C=O) groups is 2. The molecule has 98 valence electrons. The van der Waals surface area contributed by atoms with Gasteiger partial charge in [0.05, 0.1) is 17.9 Å². The van der Waals surface area contributed by atoms with Gasteiger partial charge in [0.1, 0.15) is 0 Å². The third kappa shape index (κ3) is 2.72. The predicted molar refractivity (Wildman–Crippen MR) is 63.7 cm³/mol. The minimum Gasteiger partial charge on any atom is -0.481 e. The van der Waals surface area contributed by atoms with Crippen molar-refractivity contribution in [2.75, 3.05) is 0 Å². The molecule has 1 aromatic heterocycles. The fraction of sp³-hybridized carbons (Fsp3) is 0.538. The van der Waals surface area contributed by atoms with E-state index in [1.54, 1.807) is 12.3 Å². The van der Waals surface area contributed by atoms with Gasteiger partial charge in [-0.3, -0.25) is 9.59 Å². The zero-order valence-electron chi connectivity index (χ0n) is 10.1. The van der Waals surface area contributed by atoms with Crippen LogP contribution in [0.25, 0.3) is 0 Å². The van der Waals surface area contributed by atoms with E-state index in [4.69, 9.17) is 4.42 Å². The van der Waals surface area contributed by atoms with Crippen LogP contribution in [0.4, 0.5) is 0 Å². The molecule has 0 bridgehead atoms. The standard InChI is InChI=1S/C13H17NO4/c15-11(14-8-10-3-6-18-9-10)7-13(12(16)17)4-1-2-5-13/h3,6,9H,1-2,4-5,7-8H2,(H,14,15)(H,16,17). The molecule has 1 heterocycles. The maximum Gasteiger partial charge on any atom is 0.310 e. The Morgan fingerprint density at radius 1 is 1.39 bits per heavy atom. The lowest BCUT2D eigenvalue weighted by Crippen LogP contribution is -2.35. The molecule has 2 rings (SSSR count). The summed E-state index contributed by atoms with van der Waals surface area (Å²) >= 11 is 0. The van der Waals surface area contributed by atoms with Crippen molar-refractivity contribution in [1.82, 2.24) is 5.32 Å². The van der Waals surface area contributed by atoms with Gasteiger partial charge in [-0.05, 0) is 18.9 Å². The van der Waals surface area contributed by atoms with Gasteiger partial charge in [0.15, 0.2) is 0 Å². The quantitative estimate of drug-likeness (QED) is 0.838. The molecule has 2 N–H and O–H groups in total. The number of carboxylic acids is 1. The highest BCUT2D eigenvalue weighted by Gasteiger charge is 2.42. The third-order valence-corrected chi connectivity index (χ3v) is 3.58. The van der Waals surface area contributed by atoms with Crippen LogP contribution in [0, 0.1) is 5.41 Å². The summed E-state index contributed by atoms with van der Waals surface area (Å²) < 4.78 is 4.89. The van der Waals surface area contributed by atoms with Gasteiger partial charge in [-0.25, -0.2) is 0 Å². The Morgan fingerprint density at radius 2 is 2.11 bits per heavy atom. The first-order chi connectivity index (χ1) is 8.62. The number of hydrogen-bond acceptors (Lipinski definition) is 3. The lowest BCUT2D eigenvalue weighted by molar-refractivity contribution is -0.151. The Labute approximate surface area is 105 Å². The first-order valence-corrected chi connectivity index (χ1v) is 6.14. The van der Waals surface area contributed by atoms with E-state index in [1.807, 2.05) is 0 Å². The molecule has 0 unspecified atom stereocenters. The molecule has 1 fully saturated rings. The van der Waals surface area contributed by atoms with Crippen LogP contribution in [0.3, 0.4) is 0 Å². The topological polar surface area (TPSA) is 79.5 Å². The lowest BCUT2D eigenvalue weighted by Gasteiger charge is -2.22. The first kappa shape index (κ1) is 12.7. The molecule has 1 aromatic rings. The average molecular weight is 251 g/mol. The monoisotopic (exact) mass is 251 g/mol.